The fraction of sp³-hybridized carbons (Fsp3) is 0.250. The summed E-state index contributed by atoms with van der Waals surface area (Å²) in [7, 11) is 0. The fourth-order valence-corrected chi connectivity index (χ4v) is 2.25. The predicted molar refractivity (Wildman–Crippen MR) is 99.8 cm³/mol. The van der Waals surface area contributed by atoms with Crippen LogP contribution in [0.3, 0.4) is 0 Å². The number of benzene rings is 2. The van der Waals surface area contributed by atoms with Crippen LogP contribution in [0.1, 0.15) is 24.0 Å². The van der Waals surface area contributed by atoms with Crippen LogP contribution in [0.2, 0.25) is 0 Å². The summed E-state index contributed by atoms with van der Waals surface area (Å²) in [5.41, 5.74) is 3.38. The molecule has 0 aliphatic rings. The molecular formula is C20H22N2O4. The molecule has 2 amide bonds. The van der Waals surface area contributed by atoms with E-state index in [0.717, 1.165) is 11.1 Å². The summed E-state index contributed by atoms with van der Waals surface area (Å²) in [6, 6.07) is 14.5. The Morgan fingerprint density at radius 2 is 1.58 bits per heavy atom. The van der Waals surface area contributed by atoms with Gasteiger partial charge in [-0.05, 0) is 43.2 Å². The average Bonchev–Trinajstić information content (AvgIpc) is 2.63. The van der Waals surface area contributed by atoms with Crippen molar-refractivity contribution in [3.63, 3.8) is 0 Å². The summed E-state index contributed by atoms with van der Waals surface area (Å²) in [5.74, 6) is -1.29. The highest BCUT2D eigenvalue weighted by atomic mass is 16.5. The van der Waals surface area contributed by atoms with Crippen LogP contribution in [-0.2, 0) is 19.1 Å². The predicted octanol–water partition coefficient (Wildman–Crippen LogP) is 3.20. The molecule has 2 rings (SSSR count). The largest absolute Gasteiger partial charge is 0.456 e. The van der Waals surface area contributed by atoms with Crippen molar-refractivity contribution in [2.24, 2.45) is 0 Å². The number of carbonyl (C=O) groups excluding carboxylic acids is 3. The molecule has 136 valence electrons. The van der Waals surface area contributed by atoms with E-state index in [0.29, 0.717) is 11.4 Å². The monoisotopic (exact) mass is 354 g/mol. The highest BCUT2D eigenvalue weighted by Crippen LogP contribution is 2.17. The maximum atomic E-state index is 11.9. The Kier molecular flexibility index (Phi) is 6.91. The lowest BCUT2D eigenvalue weighted by Crippen LogP contribution is -2.22. The van der Waals surface area contributed by atoms with Gasteiger partial charge in [-0.3, -0.25) is 14.4 Å². The number of hydrogen-bond acceptors (Lipinski definition) is 4. The minimum absolute atomic E-state index is 0.00760. The van der Waals surface area contributed by atoms with Crippen molar-refractivity contribution in [1.82, 2.24) is 0 Å². The van der Waals surface area contributed by atoms with Gasteiger partial charge in [-0.1, -0.05) is 30.3 Å². The number of amides is 2. The molecule has 26 heavy (non-hydrogen) atoms. The molecule has 0 heterocycles. The molecule has 6 heteroatoms. The zero-order chi connectivity index (χ0) is 18.9. The number of rotatable bonds is 7. The summed E-state index contributed by atoms with van der Waals surface area (Å²) in [5, 5.41) is 5.39. The number of nitrogens with one attached hydrogen (secondary N) is 2. The molecular weight excluding hydrogens is 332 g/mol. The Hall–Kier alpha value is -3.15. The van der Waals surface area contributed by atoms with Crippen LogP contribution in [0.5, 0.6) is 0 Å². The number of carbonyl (C=O) groups is 3. The lowest BCUT2D eigenvalue weighted by atomic mass is 10.1. The Balaban J connectivity index is 1.70. The molecule has 0 aliphatic carbocycles. The van der Waals surface area contributed by atoms with Crippen molar-refractivity contribution in [1.29, 1.82) is 0 Å². The lowest BCUT2D eigenvalue weighted by molar-refractivity contribution is -0.147. The van der Waals surface area contributed by atoms with E-state index in [4.69, 9.17) is 4.74 Å². The molecule has 2 aromatic carbocycles. The van der Waals surface area contributed by atoms with Gasteiger partial charge >= 0.3 is 5.97 Å². The molecule has 0 saturated heterocycles. The number of esters is 1. The Morgan fingerprint density at radius 3 is 2.31 bits per heavy atom. The summed E-state index contributed by atoms with van der Waals surface area (Å²) in [6.07, 6.45) is -0.0955. The molecule has 0 saturated carbocycles. The van der Waals surface area contributed by atoms with E-state index in [1.54, 1.807) is 30.3 Å². The van der Waals surface area contributed by atoms with Gasteiger partial charge in [0.2, 0.25) is 5.91 Å². The average molecular weight is 354 g/mol. The van der Waals surface area contributed by atoms with Crippen LogP contribution in [0.25, 0.3) is 0 Å². The fourth-order valence-electron chi connectivity index (χ4n) is 2.25. The van der Waals surface area contributed by atoms with Crippen molar-refractivity contribution in [3.8, 4) is 0 Å². The number of hydrogen-bond donors (Lipinski definition) is 2. The highest BCUT2D eigenvalue weighted by molar-refractivity contribution is 5.94. The van der Waals surface area contributed by atoms with Crippen LogP contribution in [0.4, 0.5) is 11.4 Å². The van der Waals surface area contributed by atoms with Crippen LogP contribution in [0, 0.1) is 13.8 Å². The number of anilines is 2. The van der Waals surface area contributed by atoms with Gasteiger partial charge in [-0.25, -0.2) is 0 Å². The van der Waals surface area contributed by atoms with Gasteiger partial charge in [0.15, 0.2) is 6.61 Å². The standard InChI is InChI=1S/C20H22N2O4/c1-14-7-6-10-17(15(14)2)22-19(24)13-26-20(25)12-11-18(23)21-16-8-4-3-5-9-16/h3-10H,11-13H2,1-2H3,(H,21,23)(H,22,24). The number of aryl methyl sites for hydroxylation is 1. The molecule has 0 atom stereocenters. The van der Waals surface area contributed by atoms with Gasteiger partial charge in [0, 0.05) is 17.8 Å². The van der Waals surface area contributed by atoms with Crippen molar-refractivity contribution in [3.05, 3.63) is 59.7 Å². The quantitative estimate of drug-likeness (QED) is 0.748. The van der Waals surface area contributed by atoms with Crippen LogP contribution < -0.4 is 10.6 Å². The van der Waals surface area contributed by atoms with Gasteiger partial charge in [-0.2, -0.15) is 0 Å². The minimum Gasteiger partial charge on any atom is -0.456 e. The third kappa shape index (κ3) is 6.05. The van der Waals surface area contributed by atoms with Crippen LogP contribution in [0.15, 0.2) is 48.5 Å². The normalized spacial score (nSPS) is 10.1. The third-order valence-corrected chi connectivity index (χ3v) is 3.86. The topological polar surface area (TPSA) is 84.5 Å². The van der Waals surface area contributed by atoms with Crippen molar-refractivity contribution in [2.75, 3.05) is 17.2 Å². The van der Waals surface area contributed by atoms with Gasteiger partial charge in [0.25, 0.3) is 5.91 Å². The molecule has 0 aromatic heterocycles. The van der Waals surface area contributed by atoms with Gasteiger partial charge in [0.1, 0.15) is 0 Å². The van der Waals surface area contributed by atoms with E-state index in [-0.39, 0.29) is 25.4 Å². The van der Waals surface area contributed by atoms with Crippen molar-refractivity contribution < 1.29 is 19.1 Å². The van der Waals surface area contributed by atoms with Crippen molar-refractivity contribution in [2.45, 2.75) is 26.7 Å². The van der Waals surface area contributed by atoms with Crippen molar-refractivity contribution >= 4 is 29.2 Å². The van der Waals surface area contributed by atoms with E-state index in [9.17, 15) is 14.4 Å². The minimum atomic E-state index is -0.593. The summed E-state index contributed by atoms with van der Waals surface area (Å²) < 4.78 is 4.92. The zero-order valence-electron chi connectivity index (χ0n) is 14.9. The second-order valence-corrected chi connectivity index (χ2v) is 5.87. The first-order valence-corrected chi connectivity index (χ1v) is 8.32. The summed E-state index contributed by atoms with van der Waals surface area (Å²) >= 11 is 0. The molecule has 0 unspecified atom stereocenters. The SMILES string of the molecule is Cc1cccc(NC(=O)COC(=O)CCC(=O)Nc2ccccc2)c1C. The maximum Gasteiger partial charge on any atom is 0.306 e. The number of ether oxygens (including phenoxy) is 1. The highest BCUT2D eigenvalue weighted by Gasteiger charge is 2.11. The van der Waals surface area contributed by atoms with Crippen LogP contribution in [-0.4, -0.2) is 24.4 Å². The van der Waals surface area contributed by atoms with Gasteiger partial charge in [-0.15, -0.1) is 0 Å². The molecule has 0 bridgehead atoms. The molecule has 0 aliphatic heterocycles. The van der Waals surface area contributed by atoms with Crippen LogP contribution >= 0.6 is 0 Å². The first kappa shape index (κ1) is 19.2. The summed E-state index contributed by atoms with van der Waals surface area (Å²) in [4.78, 5) is 35.4. The smallest absolute Gasteiger partial charge is 0.306 e. The Bertz CT molecular complexity index is 788. The Morgan fingerprint density at radius 1 is 0.846 bits per heavy atom. The first-order valence-electron chi connectivity index (χ1n) is 8.32. The van der Waals surface area contributed by atoms with Gasteiger partial charge < -0.3 is 15.4 Å². The molecule has 0 radical (unpaired) electrons. The molecule has 6 nitrogen and oxygen atoms in total. The lowest BCUT2D eigenvalue weighted by Gasteiger charge is -2.10. The van der Waals surface area contributed by atoms with E-state index >= 15 is 0 Å². The Labute approximate surface area is 152 Å². The van der Waals surface area contributed by atoms with E-state index in [1.165, 1.54) is 0 Å². The second kappa shape index (κ2) is 9.36. The second-order valence-electron chi connectivity index (χ2n) is 5.87. The first-order chi connectivity index (χ1) is 12.5. The van der Waals surface area contributed by atoms with E-state index in [2.05, 4.69) is 10.6 Å². The van der Waals surface area contributed by atoms with E-state index in [1.807, 2.05) is 32.0 Å². The maximum absolute atomic E-state index is 11.9. The summed E-state index contributed by atoms with van der Waals surface area (Å²) in [6.45, 7) is 3.47. The molecule has 2 N–H and O–H groups in total. The van der Waals surface area contributed by atoms with Gasteiger partial charge in [0.05, 0.1) is 6.42 Å². The van der Waals surface area contributed by atoms with E-state index < -0.39 is 11.9 Å². The number of para-hydroxylation sites is 1. The zero-order valence-corrected chi connectivity index (χ0v) is 14.9. The molecule has 0 fully saturated rings. The molecule has 0 spiro atoms. The molecule has 2 aromatic rings. The third-order valence-electron chi connectivity index (χ3n) is 3.86.